The lowest BCUT2D eigenvalue weighted by atomic mass is 9.84. The average molecular weight is 329 g/mol. The van der Waals surface area contributed by atoms with E-state index in [0.717, 1.165) is 28.8 Å². The molecule has 1 fully saturated rings. The second kappa shape index (κ2) is 7.36. The van der Waals surface area contributed by atoms with Gasteiger partial charge < -0.3 is 0 Å². The van der Waals surface area contributed by atoms with Crippen LogP contribution in [0.4, 0.5) is 4.39 Å². The third-order valence-corrected chi connectivity index (χ3v) is 4.44. The summed E-state index contributed by atoms with van der Waals surface area (Å²) in [7, 11) is 0. The number of hydrazine groups is 1. The van der Waals surface area contributed by atoms with Gasteiger partial charge in [0.25, 0.3) is 0 Å². The van der Waals surface area contributed by atoms with Gasteiger partial charge in [-0.25, -0.2) is 4.39 Å². The van der Waals surface area contributed by atoms with Crippen LogP contribution in [0, 0.1) is 11.7 Å². The van der Waals surface area contributed by atoms with E-state index < -0.39 is 0 Å². The van der Waals surface area contributed by atoms with Gasteiger partial charge in [0.2, 0.25) is 0 Å². The first-order valence-electron chi connectivity index (χ1n) is 7.08. The lowest BCUT2D eigenvalue weighted by Gasteiger charge is -2.26. The largest absolute Gasteiger partial charge is 0.271 e. The molecule has 0 bridgehead atoms. The Morgan fingerprint density at radius 1 is 1.26 bits per heavy atom. The molecule has 4 heteroatoms. The van der Waals surface area contributed by atoms with Gasteiger partial charge in [0, 0.05) is 10.5 Å². The molecule has 1 aliphatic carbocycles. The molecule has 0 aromatic heterocycles. The van der Waals surface area contributed by atoms with Crippen molar-refractivity contribution in [1.82, 2.24) is 5.43 Å². The predicted molar refractivity (Wildman–Crippen MR) is 80.1 cm³/mol. The Kier molecular flexibility index (Phi) is 5.79. The number of nitrogens with two attached hydrogens (primary N) is 1. The summed E-state index contributed by atoms with van der Waals surface area (Å²) >= 11 is 3.33. The topological polar surface area (TPSA) is 38.0 Å². The molecule has 1 aliphatic rings. The molecule has 0 spiro atoms. The van der Waals surface area contributed by atoms with Crippen molar-refractivity contribution < 1.29 is 4.39 Å². The molecule has 1 atom stereocenters. The van der Waals surface area contributed by atoms with Crippen LogP contribution in [0.3, 0.4) is 0 Å². The van der Waals surface area contributed by atoms with Crippen molar-refractivity contribution in [1.29, 1.82) is 0 Å². The first-order chi connectivity index (χ1) is 9.17. The molecule has 3 N–H and O–H groups in total. The van der Waals surface area contributed by atoms with Crippen molar-refractivity contribution in [3.63, 3.8) is 0 Å². The highest BCUT2D eigenvalue weighted by Gasteiger charge is 2.18. The van der Waals surface area contributed by atoms with Crippen molar-refractivity contribution in [3.8, 4) is 0 Å². The standard InChI is InChI=1S/C15H22BrFN2/c16-13-6-12(7-14(17)10-13)9-15(19-18)8-11-4-2-1-3-5-11/h6-7,10-11,15,19H,1-5,8-9,18H2. The molecular weight excluding hydrogens is 307 g/mol. The fraction of sp³-hybridized carbons (Fsp3) is 0.600. The fourth-order valence-corrected chi connectivity index (χ4v) is 3.56. The summed E-state index contributed by atoms with van der Waals surface area (Å²) in [6.45, 7) is 0. The highest BCUT2D eigenvalue weighted by molar-refractivity contribution is 9.10. The number of hydrogen-bond donors (Lipinski definition) is 2. The quantitative estimate of drug-likeness (QED) is 0.634. The summed E-state index contributed by atoms with van der Waals surface area (Å²) in [5.41, 5.74) is 3.89. The molecule has 106 valence electrons. The van der Waals surface area contributed by atoms with E-state index in [2.05, 4.69) is 21.4 Å². The zero-order valence-electron chi connectivity index (χ0n) is 11.2. The molecule has 0 amide bonds. The predicted octanol–water partition coefficient (Wildman–Crippen LogP) is 3.93. The Bertz CT molecular complexity index is 385. The van der Waals surface area contributed by atoms with E-state index in [1.165, 1.54) is 38.2 Å². The molecule has 0 saturated heterocycles. The smallest absolute Gasteiger partial charge is 0.124 e. The zero-order chi connectivity index (χ0) is 13.7. The minimum Gasteiger partial charge on any atom is -0.271 e. The summed E-state index contributed by atoms with van der Waals surface area (Å²) < 4.78 is 14.1. The summed E-state index contributed by atoms with van der Waals surface area (Å²) in [4.78, 5) is 0. The maximum Gasteiger partial charge on any atom is 0.124 e. The SMILES string of the molecule is NNC(Cc1cc(F)cc(Br)c1)CC1CCCCC1. The van der Waals surface area contributed by atoms with Gasteiger partial charge in [0.1, 0.15) is 5.82 Å². The van der Waals surface area contributed by atoms with Crippen LogP contribution in [0.1, 0.15) is 44.1 Å². The molecule has 0 radical (unpaired) electrons. The van der Waals surface area contributed by atoms with E-state index >= 15 is 0 Å². The molecule has 19 heavy (non-hydrogen) atoms. The lowest BCUT2D eigenvalue weighted by Crippen LogP contribution is -2.38. The normalized spacial score (nSPS) is 18.5. The van der Waals surface area contributed by atoms with Crippen molar-refractivity contribution in [2.75, 3.05) is 0 Å². The van der Waals surface area contributed by atoms with Gasteiger partial charge in [-0.05, 0) is 42.5 Å². The summed E-state index contributed by atoms with van der Waals surface area (Å²) in [6, 6.07) is 5.27. The van der Waals surface area contributed by atoms with Crippen LogP contribution < -0.4 is 11.3 Å². The van der Waals surface area contributed by atoms with E-state index in [0.29, 0.717) is 0 Å². The Balaban J connectivity index is 1.93. The molecule has 0 aliphatic heterocycles. The van der Waals surface area contributed by atoms with Gasteiger partial charge in [-0.15, -0.1) is 0 Å². The molecule has 1 unspecified atom stereocenters. The first-order valence-corrected chi connectivity index (χ1v) is 7.88. The summed E-state index contributed by atoms with van der Waals surface area (Å²) in [6.07, 6.45) is 8.54. The van der Waals surface area contributed by atoms with E-state index in [9.17, 15) is 4.39 Å². The highest BCUT2D eigenvalue weighted by Crippen LogP contribution is 2.28. The fourth-order valence-electron chi connectivity index (χ4n) is 3.05. The number of nitrogens with one attached hydrogen (secondary N) is 1. The van der Waals surface area contributed by atoms with Crippen LogP contribution >= 0.6 is 15.9 Å². The van der Waals surface area contributed by atoms with Gasteiger partial charge >= 0.3 is 0 Å². The average Bonchev–Trinajstić information content (AvgIpc) is 2.38. The van der Waals surface area contributed by atoms with Crippen molar-refractivity contribution in [2.45, 2.75) is 51.0 Å². The Labute approximate surface area is 123 Å². The van der Waals surface area contributed by atoms with E-state index in [1.54, 1.807) is 6.07 Å². The van der Waals surface area contributed by atoms with E-state index in [1.807, 2.05) is 6.07 Å². The molecule has 1 saturated carbocycles. The first kappa shape index (κ1) is 14.9. The van der Waals surface area contributed by atoms with Crippen molar-refractivity contribution in [2.24, 2.45) is 11.8 Å². The molecule has 2 nitrogen and oxygen atoms in total. The maximum atomic E-state index is 13.4. The van der Waals surface area contributed by atoms with Gasteiger partial charge in [-0.1, -0.05) is 48.0 Å². The van der Waals surface area contributed by atoms with Gasteiger partial charge in [-0.2, -0.15) is 0 Å². The number of rotatable bonds is 5. The molecule has 1 aromatic carbocycles. The van der Waals surface area contributed by atoms with Crippen molar-refractivity contribution in [3.05, 3.63) is 34.1 Å². The van der Waals surface area contributed by atoms with Gasteiger partial charge in [0.05, 0.1) is 0 Å². The molecule has 0 heterocycles. The van der Waals surface area contributed by atoms with Crippen LogP contribution in [0.5, 0.6) is 0 Å². The minimum absolute atomic E-state index is 0.196. The minimum atomic E-state index is -0.196. The lowest BCUT2D eigenvalue weighted by molar-refractivity contribution is 0.298. The van der Waals surface area contributed by atoms with Gasteiger partial charge in [-0.3, -0.25) is 11.3 Å². The number of benzene rings is 1. The maximum absolute atomic E-state index is 13.4. The Morgan fingerprint density at radius 3 is 2.63 bits per heavy atom. The molecular formula is C15H22BrFN2. The number of hydrogen-bond acceptors (Lipinski definition) is 2. The van der Waals surface area contributed by atoms with E-state index in [4.69, 9.17) is 5.84 Å². The van der Waals surface area contributed by atoms with Crippen molar-refractivity contribution >= 4 is 15.9 Å². The Morgan fingerprint density at radius 2 is 2.00 bits per heavy atom. The summed E-state index contributed by atoms with van der Waals surface area (Å²) in [5, 5.41) is 0. The summed E-state index contributed by atoms with van der Waals surface area (Å²) in [5.74, 6) is 6.23. The Hall–Kier alpha value is -0.450. The molecule has 1 aromatic rings. The van der Waals surface area contributed by atoms with Crippen LogP contribution in [0.2, 0.25) is 0 Å². The van der Waals surface area contributed by atoms with Crippen LogP contribution in [-0.4, -0.2) is 6.04 Å². The van der Waals surface area contributed by atoms with Crippen LogP contribution in [0.15, 0.2) is 22.7 Å². The highest BCUT2D eigenvalue weighted by atomic mass is 79.9. The second-order valence-electron chi connectivity index (χ2n) is 5.59. The monoisotopic (exact) mass is 328 g/mol. The third kappa shape index (κ3) is 4.86. The second-order valence-corrected chi connectivity index (χ2v) is 6.50. The van der Waals surface area contributed by atoms with Crippen LogP contribution in [-0.2, 0) is 6.42 Å². The zero-order valence-corrected chi connectivity index (χ0v) is 12.8. The molecule has 2 rings (SSSR count). The van der Waals surface area contributed by atoms with E-state index in [-0.39, 0.29) is 11.9 Å². The van der Waals surface area contributed by atoms with Gasteiger partial charge in [0.15, 0.2) is 0 Å². The third-order valence-electron chi connectivity index (χ3n) is 3.98. The van der Waals surface area contributed by atoms with Crippen LogP contribution in [0.25, 0.3) is 0 Å². The number of halogens is 2.